The van der Waals surface area contributed by atoms with Gasteiger partial charge in [-0.25, -0.2) is 18.4 Å². The van der Waals surface area contributed by atoms with E-state index in [-0.39, 0.29) is 58.8 Å². The number of hydrogen-bond donors (Lipinski definition) is 0. The summed E-state index contributed by atoms with van der Waals surface area (Å²) >= 11 is 0. The molecule has 292 valence electrons. The third-order valence-electron chi connectivity index (χ3n) is 12.8. The first-order valence-electron chi connectivity index (χ1n) is 19.2. The van der Waals surface area contributed by atoms with Gasteiger partial charge in [-0.1, -0.05) is 12.1 Å². The highest BCUT2D eigenvalue weighted by Gasteiger charge is 2.45. The van der Waals surface area contributed by atoms with E-state index in [0.29, 0.717) is 39.0 Å². The van der Waals surface area contributed by atoms with Crippen LogP contribution in [0.25, 0.3) is 0 Å². The molecule has 0 aliphatic carbocycles. The van der Waals surface area contributed by atoms with Crippen molar-refractivity contribution in [2.75, 3.05) is 76.4 Å². The van der Waals surface area contributed by atoms with E-state index in [1.807, 2.05) is 9.80 Å². The smallest absolute Gasteiger partial charge is 0.409 e. The lowest BCUT2D eigenvalue weighted by Gasteiger charge is -2.44. The normalized spacial score (nSPS) is 26.6. The van der Waals surface area contributed by atoms with Gasteiger partial charge in [0.1, 0.15) is 11.6 Å². The SMILES string of the molecule is COC(=O)N1CCC(C)(N2CCC(N3C(=O)Cc4ccc(F)cc43)CC2)C1.COC(=O)N1CCC(C)(N2CCC(N3C(=O)Cc4ccc(F)cc43)CC2)C1. The summed E-state index contributed by atoms with van der Waals surface area (Å²) < 4.78 is 37.1. The van der Waals surface area contributed by atoms with E-state index in [0.717, 1.165) is 87.2 Å². The van der Waals surface area contributed by atoms with Crippen molar-refractivity contribution in [3.05, 3.63) is 59.2 Å². The molecule has 2 atom stereocenters. The molecule has 4 saturated heterocycles. The van der Waals surface area contributed by atoms with Crippen LogP contribution in [0.4, 0.5) is 29.7 Å². The molecular formula is C40H52F2N6O6. The molecular weight excluding hydrogens is 698 g/mol. The number of amides is 4. The number of carbonyl (C=O) groups excluding carboxylic acids is 4. The van der Waals surface area contributed by atoms with Crippen molar-refractivity contribution in [1.29, 1.82) is 0 Å². The minimum absolute atomic E-state index is 0.0573. The fourth-order valence-electron chi connectivity index (χ4n) is 9.69. The Morgan fingerprint density at radius 3 is 1.35 bits per heavy atom. The zero-order chi connectivity index (χ0) is 38.4. The summed E-state index contributed by atoms with van der Waals surface area (Å²) in [5.74, 6) is -0.463. The van der Waals surface area contributed by atoms with E-state index in [1.54, 1.807) is 21.9 Å². The third kappa shape index (κ3) is 7.26. The monoisotopic (exact) mass is 750 g/mol. The van der Waals surface area contributed by atoms with Gasteiger partial charge in [0.2, 0.25) is 11.8 Å². The van der Waals surface area contributed by atoms with Gasteiger partial charge in [-0.05, 0) is 87.8 Å². The van der Waals surface area contributed by atoms with Crippen LogP contribution in [-0.2, 0) is 31.9 Å². The Morgan fingerprint density at radius 1 is 0.630 bits per heavy atom. The van der Waals surface area contributed by atoms with Crippen LogP contribution in [-0.4, -0.2) is 133 Å². The van der Waals surface area contributed by atoms with Gasteiger partial charge in [0.05, 0.1) is 38.4 Å². The standard InChI is InChI=1S/2C20H26FN3O3/c2*1-20(7-10-22(13-20)19(26)27-2)23-8-5-16(6-9-23)24-17-12-15(21)4-3-14(17)11-18(24)25/h2*3-4,12,16H,5-11,13H2,1-2H3. The molecule has 0 spiro atoms. The van der Waals surface area contributed by atoms with Crippen LogP contribution in [0.1, 0.15) is 63.5 Å². The summed E-state index contributed by atoms with van der Waals surface area (Å²) in [6.45, 7) is 10.6. The molecule has 4 fully saturated rings. The Bertz CT molecular complexity index is 1650. The summed E-state index contributed by atoms with van der Waals surface area (Å²) in [5.41, 5.74) is 3.20. The molecule has 6 aliphatic rings. The van der Waals surface area contributed by atoms with E-state index in [2.05, 4.69) is 23.6 Å². The zero-order valence-corrected chi connectivity index (χ0v) is 31.8. The van der Waals surface area contributed by atoms with Gasteiger partial charge in [0.25, 0.3) is 0 Å². The molecule has 0 N–H and O–H groups in total. The molecule has 2 aromatic carbocycles. The number of ether oxygens (including phenoxy) is 2. The van der Waals surface area contributed by atoms with Crippen molar-refractivity contribution in [2.24, 2.45) is 0 Å². The number of fused-ring (bicyclic) bond motifs is 2. The highest BCUT2D eigenvalue weighted by molar-refractivity contribution is 6.02. The van der Waals surface area contributed by atoms with Crippen LogP contribution < -0.4 is 9.80 Å². The van der Waals surface area contributed by atoms with Crippen molar-refractivity contribution >= 4 is 35.4 Å². The van der Waals surface area contributed by atoms with Crippen molar-refractivity contribution in [3.8, 4) is 0 Å². The molecule has 4 amide bonds. The van der Waals surface area contributed by atoms with Crippen LogP contribution in [0.2, 0.25) is 0 Å². The van der Waals surface area contributed by atoms with Crippen molar-refractivity contribution in [1.82, 2.24) is 19.6 Å². The number of benzene rings is 2. The molecule has 2 aromatic rings. The van der Waals surface area contributed by atoms with Crippen LogP contribution in [0.3, 0.4) is 0 Å². The van der Waals surface area contributed by atoms with Crippen LogP contribution in [0.5, 0.6) is 0 Å². The second kappa shape index (κ2) is 15.1. The van der Waals surface area contributed by atoms with Crippen molar-refractivity contribution in [3.63, 3.8) is 0 Å². The fourth-order valence-corrected chi connectivity index (χ4v) is 9.69. The highest BCUT2D eigenvalue weighted by atomic mass is 19.1. The molecule has 12 nitrogen and oxygen atoms in total. The molecule has 6 heterocycles. The third-order valence-corrected chi connectivity index (χ3v) is 12.8. The minimum Gasteiger partial charge on any atom is -0.453 e. The van der Waals surface area contributed by atoms with Gasteiger partial charge < -0.3 is 29.1 Å². The predicted octanol–water partition coefficient (Wildman–Crippen LogP) is 4.82. The molecule has 14 heteroatoms. The van der Waals surface area contributed by atoms with Crippen LogP contribution in [0, 0.1) is 11.6 Å². The summed E-state index contributed by atoms with van der Waals surface area (Å²) in [7, 11) is 2.83. The van der Waals surface area contributed by atoms with E-state index < -0.39 is 0 Å². The quantitative estimate of drug-likeness (QED) is 0.439. The van der Waals surface area contributed by atoms with Gasteiger partial charge >= 0.3 is 12.2 Å². The van der Waals surface area contributed by atoms with Gasteiger partial charge in [0.15, 0.2) is 0 Å². The Labute approximate surface area is 315 Å². The van der Waals surface area contributed by atoms with Gasteiger partial charge in [-0.3, -0.25) is 19.4 Å². The number of anilines is 2. The second-order valence-corrected chi connectivity index (χ2v) is 16.1. The molecule has 54 heavy (non-hydrogen) atoms. The predicted molar refractivity (Wildman–Crippen MR) is 198 cm³/mol. The zero-order valence-electron chi connectivity index (χ0n) is 31.8. The summed E-state index contributed by atoms with van der Waals surface area (Å²) in [6.07, 6.45) is 5.46. The minimum atomic E-state index is -0.299. The lowest BCUT2D eigenvalue weighted by atomic mass is 9.93. The second-order valence-electron chi connectivity index (χ2n) is 16.1. The number of hydrogen-bond acceptors (Lipinski definition) is 8. The Morgan fingerprint density at radius 2 is 1.00 bits per heavy atom. The number of carbonyl (C=O) groups is 4. The first-order chi connectivity index (χ1) is 25.8. The number of halogens is 2. The topological polar surface area (TPSA) is 106 Å². The van der Waals surface area contributed by atoms with E-state index in [9.17, 15) is 28.0 Å². The lowest BCUT2D eigenvalue weighted by Crippen LogP contribution is -2.55. The molecule has 0 aromatic heterocycles. The Hall–Kier alpha value is -4.30. The molecule has 6 aliphatic heterocycles. The van der Waals surface area contributed by atoms with Crippen molar-refractivity contribution in [2.45, 2.75) is 88.4 Å². The van der Waals surface area contributed by atoms with E-state index in [4.69, 9.17) is 9.47 Å². The van der Waals surface area contributed by atoms with Gasteiger partial charge in [-0.2, -0.15) is 0 Å². The number of likely N-dealkylation sites (tertiary alicyclic amines) is 4. The number of methoxy groups -OCH3 is 2. The average molecular weight is 751 g/mol. The van der Waals surface area contributed by atoms with Gasteiger partial charge in [-0.15, -0.1) is 0 Å². The molecule has 0 bridgehead atoms. The fraction of sp³-hybridized carbons (Fsp3) is 0.600. The lowest BCUT2D eigenvalue weighted by molar-refractivity contribution is -0.118. The number of piperidine rings is 2. The maximum absolute atomic E-state index is 13.7. The van der Waals surface area contributed by atoms with Crippen LogP contribution in [0.15, 0.2) is 36.4 Å². The first kappa shape index (κ1) is 38.0. The highest BCUT2D eigenvalue weighted by Crippen LogP contribution is 2.38. The van der Waals surface area contributed by atoms with Crippen LogP contribution >= 0.6 is 0 Å². The molecule has 0 radical (unpaired) electrons. The number of rotatable bonds is 4. The maximum Gasteiger partial charge on any atom is 0.409 e. The molecule has 8 rings (SSSR count). The molecule has 0 saturated carbocycles. The summed E-state index contributed by atoms with van der Waals surface area (Å²) in [5, 5.41) is 0. The largest absolute Gasteiger partial charge is 0.453 e. The van der Waals surface area contributed by atoms with E-state index in [1.165, 1.54) is 38.5 Å². The average Bonchev–Trinajstić information content (AvgIpc) is 3.94. The number of nitrogens with zero attached hydrogens (tertiary/aromatic N) is 6. The Kier molecular flexibility index (Phi) is 10.6. The van der Waals surface area contributed by atoms with Gasteiger partial charge in [0, 0.05) is 75.5 Å². The first-order valence-corrected chi connectivity index (χ1v) is 19.2. The Balaban J connectivity index is 0.000000167. The summed E-state index contributed by atoms with van der Waals surface area (Å²) in [6, 6.07) is 9.48. The maximum atomic E-state index is 13.7. The van der Waals surface area contributed by atoms with Crippen molar-refractivity contribution < 1.29 is 37.4 Å². The van der Waals surface area contributed by atoms with E-state index >= 15 is 0 Å². The molecule has 2 unspecified atom stereocenters. The summed E-state index contributed by atoms with van der Waals surface area (Å²) in [4.78, 5) is 60.7.